The lowest BCUT2D eigenvalue weighted by Crippen LogP contribution is -2.52. The molecule has 1 aromatic carbocycles. The number of benzene rings is 1. The highest BCUT2D eigenvalue weighted by Gasteiger charge is 2.22. The Morgan fingerprint density at radius 3 is 3.00 bits per heavy atom. The summed E-state index contributed by atoms with van der Waals surface area (Å²) in [6.07, 6.45) is 0.443. The van der Waals surface area contributed by atoms with E-state index in [4.69, 9.17) is 4.74 Å². The average molecular weight is 299 g/mol. The lowest BCUT2D eigenvalue weighted by atomic mass is 10.2. The molecular formula is C15H23ClN2O2. The summed E-state index contributed by atoms with van der Waals surface area (Å²) in [6.45, 7) is 7.11. The predicted molar refractivity (Wildman–Crippen MR) is 82.6 cm³/mol. The maximum absolute atomic E-state index is 12.1. The summed E-state index contributed by atoms with van der Waals surface area (Å²) in [6, 6.07) is 8.17. The Labute approximate surface area is 126 Å². The van der Waals surface area contributed by atoms with Crippen LogP contribution in [0.25, 0.3) is 0 Å². The van der Waals surface area contributed by atoms with Gasteiger partial charge in [-0.15, -0.1) is 12.4 Å². The minimum atomic E-state index is 0. The van der Waals surface area contributed by atoms with Crippen LogP contribution in [0.2, 0.25) is 0 Å². The molecule has 0 bridgehead atoms. The monoisotopic (exact) mass is 298 g/mol. The summed E-state index contributed by atoms with van der Waals surface area (Å²) in [5.41, 5.74) is 1.17. The van der Waals surface area contributed by atoms with Gasteiger partial charge in [0, 0.05) is 25.7 Å². The molecule has 1 aromatic rings. The fourth-order valence-electron chi connectivity index (χ4n) is 2.32. The molecule has 1 heterocycles. The molecule has 20 heavy (non-hydrogen) atoms. The molecule has 1 unspecified atom stereocenters. The van der Waals surface area contributed by atoms with Crippen molar-refractivity contribution in [1.29, 1.82) is 0 Å². The van der Waals surface area contributed by atoms with Gasteiger partial charge in [-0.2, -0.15) is 0 Å². The van der Waals surface area contributed by atoms with Gasteiger partial charge in [-0.25, -0.2) is 0 Å². The first-order valence-electron chi connectivity index (χ1n) is 6.86. The third kappa shape index (κ3) is 4.69. The van der Waals surface area contributed by atoms with Gasteiger partial charge in [0.25, 0.3) is 0 Å². The Morgan fingerprint density at radius 1 is 1.50 bits per heavy atom. The molecule has 1 amide bonds. The van der Waals surface area contributed by atoms with E-state index >= 15 is 0 Å². The standard InChI is InChI=1S/C15H22N2O2.ClH/c1-12-4-3-5-14(10-12)19-9-6-15(18)17-8-7-16-11-13(17)2;/h3-5,10,13,16H,6-9,11H2,1-2H3;1H. The van der Waals surface area contributed by atoms with E-state index in [0.717, 1.165) is 25.4 Å². The van der Waals surface area contributed by atoms with Gasteiger partial charge in [-0.05, 0) is 31.5 Å². The van der Waals surface area contributed by atoms with Gasteiger partial charge in [0.15, 0.2) is 0 Å². The lowest BCUT2D eigenvalue weighted by Gasteiger charge is -2.34. The van der Waals surface area contributed by atoms with Crippen LogP contribution >= 0.6 is 12.4 Å². The Kier molecular flexibility index (Phi) is 6.82. The molecule has 4 nitrogen and oxygen atoms in total. The molecule has 1 aliphatic heterocycles. The van der Waals surface area contributed by atoms with Crippen LogP contribution in [0.15, 0.2) is 24.3 Å². The fraction of sp³-hybridized carbons (Fsp3) is 0.533. The molecule has 1 saturated heterocycles. The Morgan fingerprint density at radius 2 is 2.30 bits per heavy atom. The zero-order chi connectivity index (χ0) is 13.7. The number of amides is 1. The summed E-state index contributed by atoms with van der Waals surface area (Å²) in [5, 5.41) is 3.28. The van der Waals surface area contributed by atoms with Crippen LogP contribution in [0, 0.1) is 6.92 Å². The van der Waals surface area contributed by atoms with Crippen molar-refractivity contribution >= 4 is 18.3 Å². The summed E-state index contributed by atoms with van der Waals surface area (Å²) >= 11 is 0. The maximum atomic E-state index is 12.1. The largest absolute Gasteiger partial charge is 0.493 e. The van der Waals surface area contributed by atoms with Gasteiger partial charge >= 0.3 is 0 Å². The van der Waals surface area contributed by atoms with Crippen LogP contribution in [0.1, 0.15) is 18.9 Å². The van der Waals surface area contributed by atoms with Crippen LogP contribution in [-0.2, 0) is 4.79 Å². The van der Waals surface area contributed by atoms with Crippen LogP contribution in [0.5, 0.6) is 5.75 Å². The van der Waals surface area contributed by atoms with Crippen molar-refractivity contribution < 1.29 is 9.53 Å². The minimum Gasteiger partial charge on any atom is -0.493 e. The first kappa shape index (κ1) is 16.8. The second-order valence-corrected chi connectivity index (χ2v) is 5.06. The van der Waals surface area contributed by atoms with Gasteiger partial charge in [0.1, 0.15) is 5.75 Å². The molecule has 0 spiro atoms. The van der Waals surface area contributed by atoms with E-state index in [1.54, 1.807) is 0 Å². The quantitative estimate of drug-likeness (QED) is 0.924. The second-order valence-electron chi connectivity index (χ2n) is 5.06. The number of nitrogens with zero attached hydrogens (tertiary/aromatic N) is 1. The van der Waals surface area contributed by atoms with E-state index in [1.807, 2.05) is 36.1 Å². The molecule has 0 aliphatic carbocycles. The number of carbonyl (C=O) groups is 1. The molecule has 0 saturated carbocycles. The topological polar surface area (TPSA) is 41.6 Å². The number of piperazine rings is 1. The van der Waals surface area contributed by atoms with Gasteiger partial charge in [0.2, 0.25) is 5.91 Å². The van der Waals surface area contributed by atoms with Crippen molar-refractivity contribution in [3.63, 3.8) is 0 Å². The summed E-state index contributed by atoms with van der Waals surface area (Å²) < 4.78 is 5.62. The van der Waals surface area contributed by atoms with Crippen molar-refractivity contribution in [3.8, 4) is 5.75 Å². The van der Waals surface area contributed by atoms with Gasteiger partial charge in [0.05, 0.1) is 13.0 Å². The maximum Gasteiger partial charge on any atom is 0.226 e. The molecule has 1 aliphatic rings. The molecule has 0 radical (unpaired) electrons. The van der Waals surface area contributed by atoms with Crippen molar-refractivity contribution in [1.82, 2.24) is 10.2 Å². The Balaban J connectivity index is 0.00000200. The summed E-state index contributed by atoms with van der Waals surface area (Å²) in [7, 11) is 0. The lowest BCUT2D eigenvalue weighted by molar-refractivity contribution is -0.134. The van der Waals surface area contributed by atoms with Crippen molar-refractivity contribution in [2.24, 2.45) is 0 Å². The molecule has 1 atom stereocenters. The average Bonchev–Trinajstić information content (AvgIpc) is 2.39. The van der Waals surface area contributed by atoms with Crippen LogP contribution in [-0.4, -0.2) is 43.1 Å². The molecule has 5 heteroatoms. The number of carbonyl (C=O) groups excluding carboxylic acids is 1. The zero-order valence-electron chi connectivity index (χ0n) is 12.1. The van der Waals surface area contributed by atoms with Crippen molar-refractivity contribution in [2.75, 3.05) is 26.2 Å². The summed E-state index contributed by atoms with van der Waals surface area (Å²) in [5.74, 6) is 1.02. The van der Waals surface area contributed by atoms with E-state index in [2.05, 4.69) is 12.2 Å². The third-order valence-electron chi connectivity index (χ3n) is 3.40. The van der Waals surface area contributed by atoms with Crippen molar-refractivity contribution in [2.45, 2.75) is 26.3 Å². The SMILES string of the molecule is Cc1cccc(OCCC(=O)N2CCNCC2C)c1.Cl. The zero-order valence-corrected chi connectivity index (χ0v) is 12.9. The van der Waals surface area contributed by atoms with E-state index in [1.165, 1.54) is 5.56 Å². The molecule has 0 aromatic heterocycles. The number of halogens is 1. The third-order valence-corrected chi connectivity index (χ3v) is 3.40. The smallest absolute Gasteiger partial charge is 0.226 e. The minimum absolute atomic E-state index is 0. The van der Waals surface area contributed by atoms with Crippen LogP contribution in [0.3, 0.4) is 0 Å². The number of aryl methyl sites for hydroxylation is 1. The highest BCUT2D eigenvalue weighted by molar-refractivity contribution is 5.85. The van der Waals surface area contributed by atoms with Gasteiger partial charge < -0.3 is 15.0 Å². The van der Waals surface area contributed by atoms with Crippen LogP contribution < -0.4 is 10.1 Å². The molecule has 2 rings (SSSR count). The van der Waals surface area contributed by atoms with Gasteiger partial charge in [-0.1, -0.05) is 12.1 Å². The molecule has 1 fully saturated rings. The number of hydrogen-bond acceptors (Lipinski definition) is 3. The molecule has 1 N–H and O–H groups in total. The summed E-state index contributed by atoms with van der Waals surface area (Å²) in [4.78, 5) is 14.0. The molecule has 112 valence electrons. The first-order chi connectivity index (χ1) is 9.16. The number of hydrogen-bond donors (Lipinski definition) is 1. The van der Waals surface area contributed by atoms with E-state index in [0.29, 0.717) is 13.0 Å². The number of ether oxygens (including phenoxy) is 1. The number of nitrogens with one attached hydrogen (secondary N) is 1. The van der Waals surface area contributed by atoms with Crippen LogP contribution in [0.4, 0.5) is 0 Å². The number of rotatable bonds is 4. The van der Waals surface area contributed by atoms with E-state index < -0.39 is 0 Å². The highest BCUT2D eigenvalue weighted by Crippen LogP contribution is 2.13. The normalized spacial score (nSPS) is 18.3. The van der Waals surface area contributed by atoms with E-state index in [-0.39, 0.29) is 24.4 Å². The van der Waals surface area contributed by atoms with Gasteiger partial charge in [-0.3, -0.25) is 4.79 Å². The second kappa shape index (κ2) is 8.12. The molecular weight excluding hydrogens is 276 g/mol. The Bertz CT molecular complexity index is 440. The Hall–Kier alpha value is -1.26. The highest BCUT2D eigenvalue weighted by atomic mass is 35.5. The van der Waals surface area contributed by atoms with E-state index in [9.17, 15) is 4.79 Å². The first-order valence-corrected chi connectivity index (χ1v) is 6.86. The predicted octanol–water partition coefficient (Wildman–Crippen LogP) is 2.01. The fourth-order valence-corrected chi connectivity index (χ4v) is 2.32. The van der Waals surface area contributed by atoms with Crippen molar-refractivity contribution in [3.05, 3.63) is 29.8 Å².